The molecule has 0 saturated carbocycles. The maximum absolute atomic E-state index is 10.1. The maximum Gasteiger partial charge on any atom is 0.165 e. The molecule has 0 heterocycles. The zero-order valence-electron chi connectivity index (χ0n) is 11.5. The van der Waals surface area contributed by atoms with Crippen LogP contribution in [0.2, 0.25) is 0 Å². The largest absolute Gasteiger partial charge is 0.365 e. The maximum atomic E-state index is 10.1. The fourth-order valence-corrected chi connectivity index (χ4v) is 2.20. The summed E-state index contributed by atoms with van der Waals surface area (Å²) in [5.74, 6) is -0.878. The molecule has 2 N–H and O–H groups in total. The molecule has 0 spiro atoms. The average molecular weight is 230 g/mol. The standard InChI is InChI=1S/C14H30O2/c1-5-7-9-13(11-12(3)4)14(15,16)10-8-6-2/h12-13,15-16H,5-11H2,1-4H3. The lowest BCUT2D eigenvalue weighted by Crippen LogP contribution is -2.38. The molecule has 0 amide bonds. The van der Waals surface area contributed by atoms with Gasteiger partial charge in [0, 0.05) is 12.3 Å². The predicted octanol–water partition coefficient (Wildman–Crippen LogP) is 3.71. The Labute approximate surface area is 101 Å². The van der Waals surface area contributed by atoms with Crippen molar-refractivity contribution in [3.8, 4) is 0 Å². The van der Waals surface area contributed by atoms with Gasteiger partial charge in [-0.2, -0.15) is 0 Å². The van der Waals surface area contributed by atoms with Crippen molar-refractivity contribution in [3.05, 3.63) is 0 Å². The van der Waals surface area contributed by atoms with E-state index in [4.69, 9.17) is 0 Å². The summed E-state index contributed by atoms with van der Waals surface area (Å²) in [4.78, 5) is 0. The number of hydrogen-bond donors (Lipinski definition) is 2. The fraction of sp³-hybridized carbons (Fsp3) is 1.00. The molecule has 0 aromatic rings. The van der Waals surface area contributed by atoms with Crippen molar-refractivity contribution in [1.29, 1.82) is 0 Å². The molecule has 2 nitrogen and oxygen atoms in total. The predicted molar refractivity (Wildman–Crippen MR) is 69.2 cm³/mol. The molecular formula is C14H30O2. The number of hydrogen-bond acceptors (Lipinski definition) is 2. The summed E-state index contributed by atoms with van der Waals surface area (Å²) in [5.41, 5.74) is 0. The SMILES string of the molecule is CCCCC(CC(C)C)C(O)(O)CCCC. The van der Waals surface area contributed by atoms with Gasteiger partial charge in [-0.3, -0.25) is 0 Å². The molecule has 98 valence electrons. The van der Waals surface area contributed by atoms with E-state index in [1.165, 1.54) is 0 Å². The van der Waals surface area contributed by atoms with Crippen LogP contribution in [0.1, 0.15) is 72.6 Å². The van der Waals surface area contributed by atoms with E-state index in [0.29, 0.717) is 12.3 Å². The van der Waals surface area contributed by atoms with Crippen LogP contribution in [0.4, 0.5) is 0 Å². The highest BCUT2D eigenvalue weighted by atomic mass is 16.5. The van der Waals surface area contributed by atoms with Crippen LogP contribution in [-0.2, 0) is 0 Å². The number of rotatable bonds is 9. The lowest BCUT2D eigenvalue weighted by atomic mass is 9.83. The molecule has 2 heteroatoms. The molecule has 0 fully saturated rings. The van der Waals surface area contributed by atoms with Gasteiger partial charge in [-0.15, -0.1) is 0 Å². The van der Waals surface area contributed by atoms with Crippen molar-refractivity contribution < 1.29 is 10.2 Å². The zero-order chi connectivity index (χ0) is 12.6. The molecule has 1 atom stereocenters. The first kappa shape index (κ1) is 15.9. The third-order valence-electron chi connectivity index (χ3n) is 3.21. The van der Waals surface area contributed by atoms with Crippen LogP contribution in [0.5, 0.6) is 0 Å². The molecule has 0 aromatic carbocycles. The van der Waals surface area contributed by atoms with Crippen LogP contribution in [-0.4, -0.2) is 16.0 Å². The molecule has 0 aromatic heterocycles. The van der Waals surface area contributed by atoms with Crippen LogP contribution in [0.3, 0.4) is 0 Å². The first-order valence-corrected chi connectivity index (χ1v) is 6.88. The molecule has 0 aliphatic heterocycles. The number of unbranched alkanes of at least 4 members (excludes halogenated alkanes) is 2. The van der Waals surface area contributed by atoms with Crippen molar-refractivity contribution in [1.82, 2.24) is 0 Å². The van der Waals surface area contributed by atoms with Gasteiger partial charge in [0.25, 0.3) is 0 Å². The van der Waals surface area contributed by atoms with Gasteiger partial charge in [0.15, 0.2) is 5.79 Å². The molecule has 0 aliphatic rings. The van der Waals surface area contributed by atoms with Crippen molar-refractivity contribution in [3.63, 3.8) is 0 Å². The topological polar surface area (TPSA) is 40.5 Å². The van der Waals surface area contributed by atoms with Crippen LogP contribution >= 0.6 is 0 Å². The quantitative estimate of drug-likeness (QED) is 0.593. The van der Waals surface area contributed by atoms with E-state index in [9.17, 15) is 10.2 Å². The molecule has 0 saturated heterocycles. The van der Waals surface area contributed by atoms with Crippen molar-refractivity contribution >= 4 is 0 Å². The second-order valence-corrected chi connectivity index (χ2v) is 5.45. The summed E-state index contributed by atoms with van der Waals surface area (Å²) in [6, 6.07) is 0. The van der Waals surface area contributed by atoms with Crippen LogP contribution in [0.15, 0.2) is 0 Å². The van der Waals surface area contributed by atoms with Crippen LogP contribution < -0.4 is 0 Å². The summed E-state index contributed by atoms with van der Waals surface area (Å²) < 4.78 is 0. The van der Waals surface area contributed by atoms with Gasteiger partial charge < -0.3 is 10.2 Å². The van der Waals surface area contributed by atoms with E-state index in [1.807, 2.05) is 0 Å². The lowest BCUT2D eigenvalue weighted by molar-refractivity contribution is -0.210. The van der Waals surface area contributed by atoms with E-state index in [1.54, 1.807) is 0 Å². The Hall–Kier alpha value is -0.0800. The van der Waals surface area contributed by atoms with Crippen molar-refractivity contribution in [2.24, 2.45) is 11.8 Å². The normalized spacial score (nSPS) is 14.4. The zero-order valence-corrected chi connectivity index (χ0v) is 11.5. The van der Waals surface area contributed by atoms with Crippen LogP contribution in [0, 0.1) is 11.8 Å². The lowest BCUT2D eigenvalue weighted by Gasteiger charge is -2.32. The highest BCUT2D eigenvalue weighted by Gasteiger charge is 2.33. The summed E-state index contributed by atoms with van der Waals surface area (Å²) in [6.45, 7) is 8.53. The van der Waals surface area contributed by atoms with E-state index in [-0.39, 0.29) is 5.92 Å². The van der Waals surface area contributed by atoms with Crippen molar-refractivity contribution in [2.75, 3.05) is 0 Å². The van der Waals surface area contributed by atoms with Crippen molar-refractivity contribution in [2.45, 2.75) is 78.4 Å². The Balaban J connectivity index is 4.32. The minimum Gasteiger partial charge on any atom is -0.365 e. The molecule has 1 unspecified atom stereocenters. The third-order valence-corrected chi connectivity index (χ3v) is 3.21. The highest BCUT2D eigenvalue weighted by molar-refractivity contribution is 4.77. The average Bonchev–Trinajstić information content (AvgIpc) is 2.20. The second-order valence-electron chi connectivity index (χ2n) is 5.45. The van der Waals surface area contributed by atoms with Gasteiger partial charge in [0.05, 0.1) is 0 Å². The first-order valence-electron chi connectivity index (χ1n) is 6.88. The second kappa shape index (κ2) is 8.08. The smallest absolute Gasteiger partial charge is 0.165 e. The molecule has 16 heavy (non-hydrogen) atoms. The molecular weight excluding hydrogens is 200 g/mol. The molecule has 0 aliphatic carbocycles. The molecule has 0 bridgehead atoms. The first-order chi connectivity index (χ1) is 7.44. The van der Waals surface area contributed by atoms with E-state index >= 15 is 0 Å². The van der Waals surface area contributed by atoms with Gasteiger partial charge >= 0.3 is 0 Å². The minimum absolute atomic E-state index is 0.0407. The summed E-state index contributed by atoms with van der Waals surface area (Å²) in [5, 5.41) is 20.3. The molecule has 0 rings (SSSR count). The van der Waals surface area contributed by atoms with E-state index < -0.39 is 5.79 Å². The van der Waals surface area contributed by atoms with Crippen LogP contribution in [0.25, 0.3) is 0 Å². The Kier molecular flexibility index (Phi) is 8.04. The number of aliphatic hydroxyl groups is 2. The fourth-order valence-electron chi connectivity index (χ4n) is 2.20. The van der Waals surface area contributed by atoms with E-state index in [2.05, 4.69) is 27.7 Å². The molecule has 0 radical (unpaired) electrons. The summed E-state index contributed by atoms with van der Waals surface area (Å²) in [7, 11) is 0. The highest BCUT2D eigenvalue weighted by Crippen LogP contribution is 2.31. The Morgan fingerprint density at radius 3 is 2.00 bits per heavy atom. The Morgan fingerprint density at radius 2 is 1.56 bits per heavy atom. The third kappa shape index (κ3) is 6.49. The van der Waals surface area contributed by atoms with E-state index in [0.717, 1.165) is 38.5 Å². The monoisotopic (exact) mass is 230 g/mol. The van der Waals surface area contributed by atoms with Gasteiger partial charge in [0.1, 0.15) is 0 Å². The van der Waals surface area contributed by atoms with Gasteiger partial charge in [0.2, 0.25) is 0 Å². The van der Waals surface area contributed by atoms with Gasteiger partial charge in [-0.25, -0.2) is 0 Å². The van der Waals surface area contributed by atoms with Gasteiger partial charge in [-0.05, 0) is 25.2 Å². The summed E-state index contributed by atoms with van der Waals surface area (Å²) in [6.07, 6.45) is 6.50. The minimum atomic E-state index is -1.45. The summed E-state index contributed by atoms with van der Waals surface area (Å²) >= 11 is 0. The Bertz CT molecular complexity index is 164. The Morgan fingerprint density at radius 1 is 1.00 bits per heavy atom. The van der Waals surface area contributed by atoms with Gasteiger partial charge in [-0.1, -0.05) is 47.0 Å².